The van der Waals surface area contributed by atoms with Crippen LogP contribution in [0.4, 0.5) is 0 Å². The first kappa shape index (κ1) is 6.85. The maximum Gasteiger partial charge on any atom is 0.189 e. The number of rotatable bonds is 2. The van der Waals surface area contributed by atoms with Crippen molar-refractivity contribution in [2.45, 2.75) is 6.92 Å². The first-order valence-electron chi connectivity index (χ1n) is 1.89. The zero-order valence-electron chi connectivity index (χ0n) is 4.43. The van der Waals surface area contributed by atoms with Crippen molar-refractivity contribution in [2.24, 2.45) is 0 Å². The summed E-state index contributed by atoms with van der Waals surface area (Å²) in [4.78, 5) is 0. The van der Waals surface area contributed by atoms with E-state index in [0.29, 0.717) is 5.05 Å². The van der Waals surface area contributed by atoms with E-state index in [1.54, 1.807) is 14.0 Å². The Labute approximate surface area is 48.4 Å². The molecule has 0 radical (unpaired) electrons. The monoisotopic (exact) mass is 120 g/mol. The van der Waals surface area contributed by atoms with Gasteiger partial charge in [-0.05, 0) is 12.2 Å². The molecule has 0 heterocycles. The summed E-state index contributed by atoms with van der Waals surface area (Å²) in [5.74, 6) is 0. The third-order valence-electron chi connectivity index (χ3n) is 0.380. The van der Waals surface area contributed by atoms with Gasteiger partial charge in [-0.1, -0.05) is 0 Å². The largest absolute Gasteiger partial charge is 0.461 e. The van der Waals surface area contributed by atoms with Crippen LogP contribution in [-0.4, -0.2) is 19.0 Å². The highest BCUT2D eigenvalue weighted by atomic mass is 32.1. The zero-order chi connectivity index (χ0) is 5.70. The van der Waals surface area contributed by atoms with Gasteiger partial charge < -0.3 is 9.47 Å². The SMILES string of the molecule is COCOC(C)=S. The number of methoxy groups -OCH3 is 1. The molecule has 0 fully saturated rings. The fourth-order valence-corrected chi connectivity index (χ4v) is 0.190. The molecular formula is C4H8O2S. The minimum atomic E-state index is 0.259. The lowest BCUT2D eigenvalue weighted by molar-refractivity contribution is 0.0444. The van der Waals surface area contributed by atoms with Crippen LogP contribution in [-0.2, 0) is 9.47 Å². The third-order valence-corrected chi connectivity index (χ3v) is 0.498. The molecule has 0 atom stereocenters. The Hall–Kier alpha value is -0.150. The van der Waals surface area contributed by atoms with Crippen LogP contribution in [0.3, 0.4) is 0 Å². The van der Waals surface area contributed by atoms with Gasteiger partial charge in [-0.2, -0.15) is 0 Å². The van der Waals surface area contributed by atoms with Crippen LogP contribution in [0.15, 0.2) is 0 Å². The highest BCUT2D eigenvalue weighted by Crippen LogP contribution is 1.77. The quantitative estimate of drug-likeness (QED) is 0.399. The summed E-state index contributed by atoms with van der Waals surface area (Å²) in [5, 5.41) is 0.516. The predicted octanol–water partition coefficient (Wildman–Crippen LogP) is 0.954. The summed E-state index contributed by atoms with van der Waals surface area (Å²) in [6.45, 7) is 1.96. The van der Waals surface area contributed by atoms with E-state index >= 15 is 0 Å². The third kappa shape index (κ3) is 5.85. The van der Waals surface area contributed by atoms with Gasteiger partial charge in [-0.25, -0.2) is 0 Å². The summed E-state index contributed by atoms with van der Waals surface area (Å²) in [5.41, 5.74) is 0. The van der Waals surface area contributed by atoms with Crippen molar-refractivity contribution in [1.29, 1.82) is 0 Å². The van der Waals surface area contributed by atoms with Gasteiger partial charge in [-0.15, -0.1) is 0 Å². The number of hydrogen-bond donors (Lipinski definition) is 0. The molecule has 0 aromatic carbocycles. The van der Waals surface area contributed by atoms with Gasteiger partial charge in [0.05, 0.1) is 0 Å². The zero-order valence-corrected chi connectivity index (χ0v) is 5.25. The molecule has 3 heteroatoms. The van der Waals surface area contributed by atoms with Crippen molar-refractivity contribution in [2.75, 3.05) is 13.9 Å². The van der Waals surface area contributed by atoms with Crippen molar-refractivity contribution in [1.82, 2.24) is 0 Å². The Morgan fingerprint density at radius 1 is 1.71 bits per heavy atom. The highest BCUT2D eigenvalue weighted by Gasteiger charge is 1.80. The molecule has 0 spiro atoms. The molecule has 0 unspecified atom stereocenters. The molecule has 0 saturated carbocycles. The fraction of sp³-hybridized carbons (Fsp3) is 0.750. The number of ether oxygens (including phenoxy) is 2. The first-order chi connectivity index (χ1) is 3.27. The molecule has 0 aliphatic heterocycles. The Bertz CT molecular complexity index is 62.7. The standard InChI is InChI=1S/C4H8O2S/c1-4(7)6-3-5-2/h3H2,1-2H3. The second kappa shape index (κ2) is 4.02. The predicted molar refractivity (Wildman–Crippen MR) is 31.2 cm³/mol. The molecule has 7 heavy (non-hydrogen) atoms. The van der Waals surface area contributed by atoms with Crippen LogP contribution in [0.2, 0.25) is 0 Å². The lowest BCUT2D eigenvalue weighted by atomic mass is 10.9. The highest BCUT2D eigenvalue weighted by molar-refractivity contribution is 7.80. The van der Waals surface area contributed by atoms with E-state index in [4.69, 9.17) is 4.74 Å². The summed E-state index contributed by atoms with van der Waals surface area (Å²) >= 11 is 4.56. The normalized spacial score (nSPS) is 8.29. The number of hydrogen-bond acceptors (Lipinski definition) is 3. The van der Waals surface area contributed by atoms with Crippen LogP contribution in [0.25, 0.3) is 0 Å². The van der Waals surface area contributed by atoms with E-state index in [0.717, 1.165) is 0 Å². The fourth-order valence-electron chi connectivity index (χ4n) is 0.142. The van der Waals surface area contributed by atoms with E-state index in [-0.39, 0.29) is 6.79 Å². The van der Waals surface area contributed by atoms with E-state index < -0.39 is 0 Å². The van der Waals surface area contributed by atoms with Crippen LogP contribution >= 0.6 is 12.2 Å². The Morgan fingerprint density at radius 3 is 2.43 bits per heavy atom. The van der Waals surface area contributed by atoms with Gasteiger partial charge in [0, 0.05) is 14.0 Å². The molecule has 0 aromatic heterocycles. The topological polar surface area (TPSA) is 18.5 Å². The molecule has 0 amide bonds. The lowest BCUT2D eigenvalue weighted by Gasteiger charge is -1.97. The van der Waals surface area contributed by atoms with Gasteiger partial charge in [0.25, 0.3) is 0 Å². The molecule has 0 bridgehead atoms. The Balaban J connectivity index is 2.82. The first-order valence-corrected chi connectivity index (χ1v) is 2.30. The van der Waals surface area contributed by atoms with Gasteiger partial charge in [0.1, 0.15) is 0 Å². The van der Waals surface area contributed by atoms with E-state index in [9.17, 15) is 0 Å². The molecule has 0 aromatic rings. The van der Waals surface area contributed by atoms with Gasteiger partial charge >= 0.3 is 0 Å². The van der Waals surface area contributed by atoms with Crippen molar-refractivity contribution in [3.63, 3.8) is 0 Å². The van der Waals surface area contributed by atoms with Crippen molar-refractivity contribution < 1.29 is 9.47 Å². The van der Waals surface area contributed by atoms with Crippen LogP contribution in [0, 0.1) is 0 Å². The lowest BCUT2D eigenvalue weighted by Crippen LogP contribution is -1.98. The Morgan fingerprint density at radius 2 is 2.29 bits per heavy atom. The molecule has 0 N–H and O–H groups in total. The average Bonchev–Trinajstić information content (AvgIpc) is 1.61. The van der Waals surface area contributed by atoms with E-state index in [1.807, 2.05) is 0 Å². The Kier molecular flexibility index (Phi) is 3.93. The molecule has 42 valence electrons. The molecule has 0 saturated heterocycles. The van der Waals surface area contributed by atoms with Gasteiger partial charge in [-0.3, -0.25) is 0 Å². The summed E-state index contributed by atoms with van der Waals surface area (Å²) in [6, 6.07) is 0. The van der Waals surface area contributed by atoms with Crippen molar-refractivity contribution in [3.05, 3.63) is 0 Å². The molecule has 0 rings (SSSR count). The van der Waals surface area contributed by atoms with Crippen LogP contribution in [0.5, 0.6) is 0 Å². The summed E-state index contributed by atoms with van der Waals surface area (Å²) < 4.78 is 9.24. The molecular weight excluding hydrogens is 112 g/mol. The van der Waals surface area contributed by atoms with Crippen molar-refractivity contribution in [3.8, 4) is 0 Å². The molecule has 0 aliphatic carbocycles. The number of thiocarbonyl (C=S) groups is 1. The van der Waals surface area contributed by atoms with Crippen LogP contribution in [0.1, 0.15) is 6.92 Å². The summed E-state index contributed by atoms with van der Waals surface area (Å²) in [6.07, 6.45) is 0. The van der Waals surface area contributed by atoms with Crippen molar-refractivity contribution >= 4 is 17.3 Å². The van der Waals surface area contributed by atoms with E-state index in [2.05, 4.69) is 17.0 Å². The van der Waals surface area contributed by atoms with Gasteiger partial charge in [0.15, 0.2) is 11.8 Å². The van der Waals surface area contributed by atoms with Gasteiger partial charge in [0.2, 0.25) is 0 Å². The maximum absolute atomic E-state index is 4.70. The average molecular weight is 120 g/mol. The minimum Gasteiger partial charge on any atom is -0.461 e. The smallest absolute Gasteiger partial charge is 0.189 e. The second-order valence-electron chi connectivity index (χ2n) is 1.04. The van der Waals surface area contributed by atoms with Crippen LogP contribution < -0.4 is 0 Å². The molecule has 2 nitrogen and oxygen atoms in total. The minimum absolute atomic E-state index is 0.259. The second-order valence-corrected chi connectivity index (χ2v) is 1.62. The van der Waals surface area contributed by atoms with E-state index in [1.165, 1.54) is 0 Å². The maximum atomic E-state index is 4.70. The molecule has 0 aliphatic rings. The summed E-state index contributed by atoms with van der Waals surface area (Å²) in [7, 11) is 1.55.